The highest BCUT2D eigenvalue weighted by molar-refractivity contribution is 7.99. The first-order valence-electron chi connectivity index (χ1n) is 10.7. The van der Waals surface area contributed by atoms with Crippen molar-refractivity contribution >= 4 is 40.9 Å². The van der Waals surface area contributed by atoms with Crippen LogP contribution in [0.4, 0.5) is 5.69 Å². The number of amides is 1. The number of carbonyl (C=O) groups is 2. The first kappa shape index (κ1) is 23.7. The van der Waals surface area contributed by atoms with E-state index in [9.17, 15) is 9.59 Å². The molecule has 0 atom stereocenters. The van der Waals surface area contributed by atoms with Gasteiger partial charge in [-0.05, 0) is 73.4 Å². The Morgan fingerprint density at radius 1 is 1.03 bits per heavy atom. The summed E-state index contributed by atoms with van der Waals surface area (Å²) in [6.45, 7) is 6.50. The Kier molecular flexibility index (Phi) is 8.06. The molecular weight excluding hydrogens is 430 g/mol. The predicted molar refractivity (Wildman–Crippen MR) is 127 cm³/mol. The lowest BCUT2D eigenvalue weighted by molar-refractivity contribution is -0.153. The molecular formula is C25H30ClNO3S. The fourth-order valence-electron chi connectivity index (χ4n) is 3.92. The second-order valence-electron chi connectivity index (χ2n) is 9.12. The highest BCUT2D eigenvalue weighted by Crippen LogP contribution is 2.40. The summed E-state index contributed by atoms with van der Waals surface area (Å²) in [5.74, 6) is -0.0548. The van der Waals surface area contributed by atoms with Gasteiger partial charge in [0.15, 0.2) is 6.61 Å². The highest BCUT2D eigenvalue weighted by atomic mass is 35.5. The lowest BCUT2D eigenvalue weighted by Crippen LogP contribution is -2.31. The van der Waals surface area contributed by atoms with E-state index in [-0.39, 0.29) is 29.8 Å². The third-order valence-corrected chi connectivity index (χ3v) is 7.17. The maximum atomic E-state index is 12.4. The molecule has 31 heavy (non-hydrogen) atoms. The van der Waals surface area contributed by atoms with Crippen LogP contribution in [0.2, 0.25) is 5.02 Å². The zero-order chi connectivity index (χ0) is 22.4. The van der Waals surface area contributed by atoms with Crippen molar-refractivity contribution in [3.63, 3.8) is 0 Å². The Morgan fingerprint density at radius 3 is 2.32 bits per heavy atom. The number of carbonyl (C=O) groups excluding carboxylic acids is 2. The Balaban J connectivity index is 1.50. The zero-order valence-corrected chi connectivity index (χ0v) is 19.9. The number of anilines is 1. The van der Waals surface area contributed by atoms with E-state index in [0.717, 1.165) is 35.5 Å². The van der Waals surface area contributed by atoms with Crippen molar-refractivity contribution in [1.82, 2.24) is 0 Å². The first-order valence-corrected chi connectivity index (χ1v) is 11.9. The van der Waals surface area contributed by atoms with Crippen LogP contribution in [0.5, 0.6) is 0 Å². The molecule has 0 spiro atoms. The average Bonchev–Trinajstić information content (AvgIpc) is 2.74. The minimum Gasteiger partial charge on any atom is -0.455 e. The molecule has 1 amide bonds. The van der Waals surface area contributed by atoms with Crippen molar-refractivity contribution in [3.05, 3.63) is 53.6 Å². The van der Waals surface area contributed by atoms with E-state index in [0.29, 0.717) is 16.6 Å². The van der Waals surface area contributed by atoms with Gasteiger partial charge >= 0.3 is 5.97 Å². The lowest BCUT2D eigenvalue weighted by atomic mass is 9.70. The van der Waals surface area contributed by atoms with Gasteiger partial charge in [-0.15, -0.1) is 0 Å². The number of para-hydroxylation sites is 1. The molecule has 0 aromatic heterocycles. The predicted octanol–water partition coefficient (Wildman–Crippen LogP) is 6.83. The van der Waals surface area contributed by atoms with Gasteiger partial charge in [-0.1, -0.05) is 56.3 Å². The molecule has 4 nitrogen and oxygen atoms in total. The fourth-order valence-corrected chi connectivity index (χ4v) is 4.95. The summed E-state index contributed by atoms with van der Waals surface area (Å²) in [6.07, 6.45) is 3.74. The van der Waals surface area contributed by atoms with Crippen LogP contribution in [0.25, 0.3) is 0 Å². The second kappa shape index (κ2) is 10.6. The largest absolute Gasteiger partial charge is 0.455 e. The van der Waals surface area contributed by atoms with Gasteiger partial charge in [0.1, 0.15) is 0 Å². The molecule has 3 rings (SSSR count). The number of halogens is 1. The first-order chi connectivity index (χ1) is 14.7. The summed E-state index contributed by atoms with van der Waals surface area (Å²) in [5, 5.41) is 3.54. The Morgan fingerprint density at radius 2 is 1.68 bits per heavy atom. The smallest absolute Gasteiger partial charge is 0.309 e. The van der Waals surface area contributed by atoms with Crippen molar-refractivity contribution in [2.24, 2.45) is 17.3 Å². The maximum Gasteiger partial charge on any atom is 0.309 e. The summed E-state index contributed by atoms with van der Waals surface area (Å²) in [4.78, 5) is 26.8. The topological polar surface area (TPSA) is 55.4 Å². The number of hydrogen-bond acceptors (Lipinski definition) is 4. The van der Waals surface area contributed by atoms with Crippen LogP contribution in [-0.4, -0.2) is 18.5 Å². The summed E-state index contributed by atoms with van der Waals surface area (Å²) in [7, 11) is 0. The summed E-state index contributed by atoms with van der Waals surface area (Å²) >= 11 is 7.48. The van der Waals surface area contributed by atoms with Gasteiger partial charge in [0.2, 0.25) is 0 Å². The Labute approximate surface area is 194 Å². The molecule has 166 valence electrons. The van der Waals surface area contributed by atoms with Crippen molar-refractivity contribution in [2.75, 3.05) is 11.9 Å². The minimum absolute atomic E-state index is 0.0980. The summed E-state index contributed by atoms with van der Waals surface area (Å²) < 4.78 is 5.34. The van der Waals surface area contributed by atoms with E-state index in [4.69, 9.17) is 16.3 Å². The molecule has 0 radical (unpaired) electrons. The van der Waals surface area contributed by atoms with E-state index in [1.54, 1.807) is 0 Å². The van der Waals surface area contributed by atoms with Crippen molar-refractivity contribution in [1.29, 1.82) is 0 Å². The molecule has 0 aliphatic heterocycles. The van der Waals surface area contributed by atoms with Crippen molar-refractivity contribution in [2.45, 2.75) is 56.2 Å². The van der Waals surface area contributed by atoms with Gasteiger partial charge in [0.25, 0.3) is 5.91 Å². The highest BCUT2D eigenvalue weighted by Gasteiger charge is 2.33. The maximum absolute atomic E-state index is 12.4. The van der Waals surface area contributed by atoms with Crippen LogP contribution >= 0.6 is 23.4 Å². The van der Waals surface area contributed by atoms with Gasteiger partial charge < -0.3 is 10.1 Å². The average molecular weight is 460 g/mol. The fraction of sp³-hybridized carbons (Fsp3) is 0.440. The molecule has 1 aliphatic carbocycles. The number of hydrogen-bond donors (Lipinski definition) is 1. The molecule has 0 heterocycles. The van der Waals surface area contributed by atoms with Gasteiger partial charge in [-0.2, -0.15) is 0 Å². The Bertz CT molecular complexity index is 900. The van der Waals surface area contributed by atoms with Crippen LogP contribution in [0, 0.1) is 17.3 Å². The molecule has 0 bridgehead atoms. The molecule has 6 heteroatoms. The number of benzene rings is 2. The van der Waals surface area contributed by atoms with E-state index < -0.39 is 0 Å². The second-order valence-corrected chi connectivity index (χ2v) is 10.7. The zero-order valence-electron chi connectivity index (χ0n) is 18.3. The SMILES string of the molecule is CC(C)(C)C1CCC(C(=O)OCC(=O)Nc2ccccc2Sc2ccc(Cl)cc2)CC1. The molecule has 1 saturated carbocycles. The molecule has 1 fully saturated rings. The third kappa shape index (κ3) is 7.01. The van der Waals surface area contributed by atoms with E-state index in [1.807, 2.05) is 48.5 Å². The van der Waals surface area contributed by atoms with Crippen LogP contribution in [0.1, 0.15) is 46.5 Å². The molecule has 1 N–H and O–H groups in total. The van der Waals surface area contributed by atoms with Crippen molar-refractivity contribution in [3.8, 4) is 0 Å². The monoisotopic (exact) mass is 459 g/mol. The number of esters is 1. The Hall–Kier alpha value is -1.98. The number of nitrogens with one attached hydrogen (secondary N) is 1. The van der Waals surface area contributed by atoms with Gasteiger partial charge in [-0.3, -0.25) is 9.59 Å². The van der Waals surface area contributed by atoms with Gasteiger partial charge in [0, 0.05) is 14.8 Å². The van der Waals surface area contributed by atoms with E-state index in [1.165, 1.54) is 11.8 Å². The van der Waals surface area contributed by atoms with Gasteiger partial charge in [0.05, 0.1) is 11.6 Å². The standard InChI is InChI=1S/C25H30ClNO3S/c1-25(2,3)18-10-8-17(9-11-18)24(29)30-16-23(28)27-21-6-4-5-7-22(21)31-20-14-12-19(26)13-15-20/h4-7,12-15,17-18H,8-11,16H2,1-3H3,(H,27,28). The van der Waals surface area contributed by atoms with Crippen LogP contribution < -0.4 is 5.32 Å². The number of rotatable bonds is 6. The quantitative estimate of drug-likeness (QED) is 0.481. The lowest BCUT2D eigenvalue weighted by Gasteiger charge is -2.36. The number of ether oxygens (including phenoxy) is 1. The van der Waals surface area contributed by atoms with E-state index >= 15 is 0 Å². The molecule has 2 aromatic rings. The summed E-state index contributed by atoms with van der Waals surface area (Å²) in [6, 6.07) is 15.1. The normalized spacial score (nSPS) is 19.0. The van der Waals surface area contributed by atoms with Gasteiger partial charge in [-0.25, -0.2) is 0 Å². The van der Waals surface area contributed by atoms with Crippen LogP contribution in [-0.2, 0) is 14.3 Å². The van der Waals surface area contributed by atoms with Crippen LogP contribution in [0.15, 0.2) is 58.3 Å². The third-order valence-electron chi connectivity index (χ3n) is 5.83. The minimum atomic E-state index is -0.333. The molecule has 2 aromatic carbocycles. The summed E-state index contributed by atoms with van der Waals surface area (Å²) in [5.41, 5.74) is 0.959. The van der Waals surface area contributed by atoms with E-state index in [2.05, 4.69) is 26.1 Å². The van der Waals surface area contributed by atoms with Crippen molar-refractivity contribution < 1.29 is 14.3 Å². The molecule has 1 aliphatic rings. The molecule has 0 unspecified atom stereocenters. The van der Waals surface area contributed by atoms with Crippen LogP contribution in [0.3, 0.4) is 0 Å². The molecule has 0 saturated heterocycles.